The Labute approximate surface area is 264 Å². The van der Waals surface area contributed by atoms with Crippen LogP contribution < -0.4 is 15.4 Å². The number of piperazine rings is 1. The molecule has 2 fully saturated rings. The van der Waals surface area contributed by atoms with Gasteiger partial charge in [-0.2, -0.15) is 9.97 Å². The van der Waals surface area contributed by atoms with Crippen LogP contribution in [-0.4, -0.2) is 87.9 Å². The molecule has 4 heterocycles. The van der Waals surface area contributed by atoms with Gasteiger partial charge < -0.3 is 24.8 Å². The molecule has 238 valence electrons. The van der Waals surface area contributed by atoms with Crippen molar-refractivity contribution < 1.29 is 22.8 Å². The molecule has 4 aromatic rings. The van der Waals surface area contributed by atoms with E-state index in [2.05, 4.69) is 16.7 Å². The molecule has 0 bridgehead atoms. The first kappa shape index (κ1) is 31.0. The van der Waals surface area contributed by atoms with Gasteiger partial charge in [-0.1, -0.05) is 29.4 Å². The molecule has 2 aromatic heterocycles. The van der Waals surface area contributed by atoms with E-state index in [0.717, 1.165) is 5.56 Å². The van der Waals surface area contributed by atoms with Crippen molar-refractivity contribution in [2.24, 2.45) is 0 Å². The van der Waals surface area contributed by atoms with Gasteiger partial charge in [0.25, 0.3) is 0 Å². The van der Waals surface area contributed by atoms with Gasteiger partial charge in [0, 0.05) is 61.3 Å². The number of halogens is 3. The maximum absolute atomic E-state index is 16.9. The number of amides is 1. The largest absolute Gasteiger partial charge is 0.462 e. The van der Waals surface area contributed by atoms with Gasteiger partial charge in [0.2, 0.25) is 5.91 Å². The van der Waals surface area contributed by atoms with Gasteiger partial charge in [-0.3, -0.25) is 9.69 Å². The molecule has 0 spiro atoms. The summed E-state index contributed by atoms with van der Waals surface area (Å²) in [4.78, 5) is 27.6. The number of hydrogen-bond acceptors (Lipinski definition) is 9. The second kappa shape index (κ2) is 11.7. The molecule has 2 N–H and O–H groups in total. The summed E-state index contributed by atoms with van der Waals surface area (Å²) in [6.07, 6.45) is 1.76. The van der Waals surface area contributed by atoms with Gasteiger partial charge in [-0.15, -0.1) is 0 Å². The summed E-state index contributed by atoms with van der Waals surface area (Å²) < 4.78 is 42.6. The van der Waals surface area contributed by atoms with Crippen LogP contribution in [0.3, 0.4) is 0 Å². The lowest BCUT2D eigenvalue weighted by Crippen LogP contribution is -2.58. The maximum atomic E-state index is 16.9. The number of benzene rings is 2. The Morgan fingerprint density at radius 1 is 1.27 bits per heavy atom. The van der Waals surface area contributed by atoms with E-state index in [0.29, 0.717) is 66.9 Å². The zero-order valence-corrected chi connectivity index (χ0v) is 26.5. The monoisotopic (exact) mass is 639 g/mol. The molecular weight excluding hydrogens is 604 g/mol. The normalized spacial score (nSPS) is 22.5. The minimum atomic E-state index is -1.23. The van der Waals surface area contributed by atoms with E-state index in [9.17, 15) is 9.18 Å². The molecule has 6 rings (SSSR count). The third-order valence-electron chi connectivity index (χ3n) is 8.82. The average Bonchev–Trinajstić information content (AvgIpc) is 3.55. The minimum Gasteiger partial charge on any atom is -0.462 e. The first-order valence-electron chi connectivity index (χ1n) is 15.0. The molecule has 13 heteroatoms. The number of anilines is 2. The predicted molar refractivity (Wildman–Crippen MR) is 171 cm³/mol. The highest BCUT2D eigenvalue weighted by Crippen LogP contribution is 2.44. The van der Waals surface area contributed by atoms with Gasteiger partial charge in [-0.25, -0.2) is 8.78 Å². The Kier molecular flexibility index (Phi) is 8.07. The lowest BCUT2D eigenvalue weighted by atomic mass is 9.95. The lowest BCUT2D eigenvalue weighted by Gasteiger charge is -2.44. The van der Waals surface area contributed by atoms with E-state index in [-0.39, 0.29) is 52.5 Å². The number of fused-ring (bicyclic) bond motifs is 2. The van der Waals surface area contributed by atoms with Gasteiger partial charge in [-0.05, 0) is 57.9 Å². The average molecular weight is 640 g/mol. The molecule has 1 unspecified atom stereocenters. The van der Waals surface area contributed by atoms with E-state index in [4.69, 9.17) is 31.6 Å². The Bertz CT molecular complexity index is 1810. The number of nitrogen functional groups attached to an aromatic ring is 1. The van der Waals surface area contributed by atoms with E-state index in [1.165, 1.54) is 6.08 Å². The number of rotatable bonds is 7. The number of aryl methyl sites for hydroxylation is 1. The van der Waals surface area contributed by atoms with E-state index >= 15 is 4.39 Å². The number of nitrogens with two attached hydrogens (primary N) is 1. The third kappa shape index (κ3) is 5.65. The highest BCUT2D eigenvalue weighted by atomic mass is 35.5. The maximum Gasteiger partial charge on any atom is 0.319 e. The number of alkyl halides is 1. The van der Waals surface area contributed by atoms with Gasteiger partial charge in [0.15, 0.2) is 17.2 Å². The molecule has 3 atom stereocenters. The van der Waals surface area contributed by atoms with Crippen molar-refractivity contribution >= 4 is 51.0 Å². The Morgan fingerprint density at radius 3 is 2.76 bits per heavy atom. The first-order chi connectivity index (χ1) is 21.4. The molecule has 0 saturated carbocycles. The smallest absolute Gasteiger partial charge is 0.319 e. The fraction of sp³-hybridized carbons (Fsp3) is 0.438. The minimum absolute atomic E-state index is 0.0165. The van der Waals surface area contributed by atoms with Crippen molar-refractivity contribution in [2.45, 2.75) is 51.9 Å². The number of carbonyl (C=O) groups excluding carboxylic acids is 1. The van der Waals surface area contributed by atoms with Crippen LogP contribution >= 0.6 is 11.6 Å². The molecular formula is C32H36ClF2N7O3. The molecule has 0 radical (unpaired) electrons. The van der Waals surface area contributed by atoms with E-state index in [1.807, 2.05) is 30.6 Å². The second-order valence-electron chi connectivity index (χ2n) is 12.3. The lowest BCUT2D eigenvalue weighted by molar-refractivity contribution is -0.128. The van der Waals surface area contributed by atoms with Crippen LogP contribution in [-0.2, 0) is 4.79 Å². The van der Waals surface area contributed by atoms with Crippen LogP contribution in [0.1, 0.15) is 32.8 Å². The first-order valence-corrected chi connectivity index (χ1v) is 15.3. The summed E-state index contributed by atoms with van der Waals surface area (Å²) in [5.41, 5.74) is 6.63. The number of likely N-dealkylation sites (tertiary alicyclic amines) is 1. The highest BCUT2D eigenvalue weighted by molar-refractivity contribution is 6.35. The fourth-order valence-corrected chi connectivity index (χ4v) is 6.76. The quantitative estimate of drug-likeness (QED) is 0.260. The second-order valence-corrected chi connectivity index (χ2v) is 12.7. The summed E-state index contributed by atoms with van der Waals surface area (Å²) in [7, 11) is 0. The highest BCUT2D eigenvalue weighted by Gasteiger charge is 2.35. The topological polar surface area (TPSA) is 114 Å². The number of ether oxygens (including phenoxy) is 1. The van der Waals surface area contributed by atoms with Crippen LogP contribution in [0, 0.1) is 12.7 Å². The van der Waals surface area contributed by atoms with Crippen LogP contribution in [0.5, 0.6) is 6.01 Å². The summed E-state index contributed by atoms with van der Waals surface area (Å²) in [5.74, 6) is -0.277. The van der Waals surface area contributed by atoms with E-state index < -0.39 is 11.5 Å². The van der Waals surface area contributed by atoms with Crippen LogP contribution in [0.2, 0.25) is 5.02 Å². The van der Waals surface area contributed by atoms with Gasteiger partial charge in [0.1, 0.15) is 23.6 Å². The van der Waals surface area contributed by atoms with Crippen LogP contribution in [0.15, 0.2) is 35.4 Å². The molecule has 0 aliphatic carbocycles. The molecule has 2 aromatic carbocycles. The van der Waals surface area contributed by atoms with Crippen molar-refractivity contribution in [1.82, 2.24) is 24.9 Å². The molecule has 2 aliphatic heterocycles. The van der Waals surface area contributed by atoms with Gasteiger partial charge in [0.05, 0.1) is 10.4 Å². The number of aromatic nitrogens is 3. The zero-order chi connectivity index (χ0) is 32.2. The Morgan fingerprint density at radius 2 is 2.04 bits per heavy atom. The summed E-state index contributed by atoms with van der Waals surface area (Å²) >= 11 is 6.88. The predicted octanol–water partition coefficient (Wildman–Crippen LogP) is 5.55. The number of hydrogen-bond donors (Lipinski definition) is 1. The van der Waals surface area contributed by atoms with Crippen molar-refractivity contribution in [1.29, 1.82) is 0 Å². The third-order valence-corrected chi connectivity index (χ3v) is 9.12. The van der Waals surface area contributed by atoms with Crippen molar-refractivity contribution in [2.75, 3.05) is 50.0 Å². The number of nitrogens with zero attached hydrogens (tertiary/aromatic N) is 6. The molecule has 45 heavy (non-hydrogen) atoms. The van der Waals surface area contributed by atoms with Crippen LogP contribution in [0.25, 0.3) is 33.0 Å². The summed E-state index contributed by atoms with van der Waals surface area (Å²) in [6, 6.07) is 4.79. The van der Waals surface area contributed by atoms with Crippen molar-refractivity contribution in [3.63, 3.8) is 0 Å². The fourth-order valence-electron chi connectivity index (χ4n) is 6.48. The Hall–Kier alpha value is -4.03. The van der Waals surface area contributed by atoms with Crippen molar-refractivity contribution in [3.8, 4) is 17.1 Å². The summed E-state index contributed by atoms with van der Waals surface area (Å²) in [6.45, 7) is 13.4. The SMILES string of the molecule is C=CC(=O)N1C[C@H](C)N(c2nc(OCCN3CCC(C)(F)C3)nc3c(F)c(-c4c(C)ccc5onc(N)c45)c(Cl)cc23)C[C@H]1C. The molecule has 2 saturated heterocycles. The number of carbonyl (C=O) groups is 1. The molecule has 10 nitrogen and oxygen atoms in total. The Balaban J connectivity index is 1.46. The van der Waals surface area contributed by atoms with Crippen molar-refractivity contribution in [3.05, 3.63) is 47.3 Å². The summed E-state index contributed by atoms with van der Waals surface area (Å²) in [5, 5.41) is 4.86. The van der Waals surface area contributed by atoms with Gasteiger partial charge >= 0.3 is 6.01 Å². The standard InChI is InChI=1S/C32H36ClF2N7O3/c1-6-23(43)41-14-19(4)42(15-18(41)3)30-20-13-21(33)25(24-17(2)7-8-22-26(24)29(36)39-45-22)27(34)28(20)37-31(38-30)44-12-11-40-10-9-32(5,35)16-40/h6-8,13,18-19H,1,9-12,14-16H2,2-5H3,(H2,36,39)/t18-,19+,32?/m1/s1. The molecule has 2 aliphatic rings. The van der Waals surface area contributed by atoms with Crippen LogP contribution in [0.4, 0.5) is 20.4 Å². The zero-order valence-electron chi connectivity index (χ0n) is 25.7. The molecule has 1 amide bonds. The van der Waals surface area contributed by atoms with E-state index in [1.54, 1.807) is 30.0 Å².